The van der Waals surface area contributed by atoms with Crippen molar-refractivity contribution in [2.45, 2.75) is 70.1 Å². The van der Waals surface area contributed by atoms with Crippen molar-refractivity contribution in [1.82, 2.24) is 0 Å². The van der Waals surface area contributed by atoms with E-state index in [1.165, 1.54) is 31.3 Å². The first-order valence-corrected chi connectivity index (χ1v) is 12.4. The van der Waals surface area contributed by atoms with Crippen molar-refractivity contribution in [3.63, 3.8) is 0 Å². The van der Waals surface area contributed by atoms with Gasteiger partial charge >= 0.3 is 5.97 Å². The third-order valence-electron chi connectivity index (χ3n) is 6.93. The Balaban J connectivity index is 2.32. The van der Waals surface area contributed by atoms with E-state index >= 15 is 0 Å². The number of carbonyl (C=O) groups is 1. The van der Waals surface area contributed by atoms with E-state index < -0.39 is 13.5 Å². The predicted molar refractivity (Wildman–Crippen MR) is 104 cm³/mol. The summed E-state index contributed by atoms with van der Waals surface area (Å²) < 4.78 is 5.27. The van der Waals surface area contributed by atoms with Crippen LogP contribution in [0.25, 0.3) is 0 Å². The summed E-state index contributed by atoms with van der Waals surface area (Å²) in [6.45, 7) is 9.48. The summed E-state index contributed by atoms with van der Waals surface area (Å²) >= 11 is 0. The Morgan fingerprint density at radius 3 is 2.21 bits per heavy atom. The maximum absolute atomic E-state index is 12.8. The lowest BCUT2D eigenvalue weighted by Gasteiger charge is -2.33. The number of hydrogen-bond donors (Lipinski definition) is 0. The molecule has 3 heteroatoms. The van der Waals surface area contributed by atoms with Crippen LogP contribution in [0.15, 0.2) is 30.3 Å². The van der Waals surface area contributed by atoms with Crippen molar-refractivity contribution in [3.05, 3.63) is 35.9 Å². The van der Waals surface area contributed by atoms with E-state index in [4.69, 9.17) is 4.74 Å². The molecule has 0 radical (unpaired) electrons. The van der Waals surface area contributed by atoms with Gasteiger partial charge in [0.25, 0.3) is 0 Å². The fourth-order valence-corrected chi connectivity index (χ4v) is 8.96. The second kappa shape index (κ2) is 7.86. The first-order valence-electron chi connectivity index (χ1n) is 9.61. The summed E-state index contributed by atoms with van der Waals surface area (Å²) in [6, 6.07) is 15.8. The lowest BCUT2D eigenvalue weighted by Crippen LogP contribution is -2.36. The Kier molecular flexibility index (Phi) is 6.30. The third-order valence-corrected chi connectivity index (χ3v) is 12.8. The highest BCUT2D eigenvalue weighted by Gasteiger charge is 2.51. The topological polar surface area (TPSA) is 26.3 Å². The summed E-state index contributed by atoms with van der Waals surface area (Å²) in [6.07, 6.45) is 1.88. The molecule has 3 atom stereocenters. The second-order valence-corrected chi connectivity index (χ2v) is 13.4. The van der Waals surface area contributed by atoms with Crippen LogP contribution in [0.4, 0.5) is 0 Å². The van der Waals surface area contributed by atoms with Crippen LogP contribution in [0.5, 0.6) is 0 Å². The zero-order valence-corrected chi connectivity index (χ0v) is 17.1. The molecule has 0 aliphatic heterocycles. The average Bonchev–Trinajstić information content (AvgIpc) is 2.97. The monoisotopic (exact) mass is 346 g/mol. The number of rotatable bonds is 7. The van der Waals surface area contributed by atoms with Crippen molar-refractivity contribution in [2.75, 3.05) is 7.11 Å². The summed E-state index contributed by atoms with van der Waals surface area (Å²) in [5, 5.41) is 0. The Bertz CT molecular complexity index is 530. The standard InChI is InChI=1S/C21H34O2Si/c1-6-24(7-2,8-3)16-18-15-21(14-17(18)4,20(22)23-5)19-12-10-9-11-13-19/h9-13,17-18H,6-8,14-16H2,1-5H3/t17-,18+,21?/m0/s1. The maximum Gasteiger partial charge on any atom is 0.316 e. The number of benzene rings is 1. The fourth-order valence-electron chi connectivity index (χ4n) is 4.93. The number of hydrogen-bond acceptors (Lipinski definition) is 2. The van der Waals surface area contributed by atoms with Gasteiger partial charge in [0.05, 0.1) is 20.6 Å². The first kappa shape index (κ1) is 19.2. The Morgan fingerprint density at radius 2 is 1.71 bits per heavy atom. The normalized spacial score (nSPS) is 27.2. The molecular weight excluding hydrogens is 312 g/mol. The van der Waals surface area contributed by atoms with Gasteiger partial charge in [-0.2, -0.15) is 0 Å². The molecule has 1 fully saturated rings. The highest BCUT2D eigenvalue weighted by atomic mass is 28.3. The molecule has 0 spiro atoms. The van der Waals surface area contributed by atoms with Crippen LogP contribution >= 0.6 is 0 Å². The van der Waals surface area contributed by atoms with E-state index in [1.54, 1.807) is 0 Å². The largest absolute Gasteiger partial charge is 0.468 e. The Labute approximate surface area is 149 Å². The van der Waals surface area contributed by atoms with Gasteiger partial charge in [-0.25, -0.2) is 0 Å². The van der Waals surface area contributed by atoms with Gasteiger partial charge < -0.3 is 4.74 Å². The van der Waals surface area contributed by atoms with Gasteiger partial charge in [0.2, 0.25) is 0 Å². The van der Waals surface area contributed by atoms with Gasteiger partial charge in [0.1, 0.15) is 0 Å². The SMILES string of the molecule is CC[Si](CC)(CC)C[C@H]1CC(C(=O)OC)(c2ccccc2)C[C@@H]1C. The highest BCUT2D eigenvalue weighted by molar-refractivity contribution is 6.79. The van der Waals surface area contributed by atoms with E-state index in [1.807, 2.05) is 18.2 Å². The minimum atomic E-state index is -1.18. The van der Waals surface area contributed by atoms with Crippen molar-refractivity contribution in [3.8, 4) is 0 Å². The van der Waals surface area contributed by atoms with E-state index in [9.17, 15) is 4.79 Å². The fraction of sp³-hybridized carbons (Fsp3) is 0.667. The molecule has 1 aromatic carbocycles. The van der Waals surface area contributed by atoms with Crippen LogP contribution in [0, 0.1) is 11.8 Å². The van der Waals surface area contributed by atoms with Gasteiger partial charge in [0, 0.05) is 0 Å². The minimum absolute atomic E-state index is 0.0418. The van der Waals surface area contributed by atoms with E-state index in [2.05, 4.69) is 39.8 Å². The third kappa shape index (κ3) is 3.46. The van der Waals surface area contributed by atoms with Crippen molar-refractivity contribution in [2.24, 2.45) is 11.8 Å². The van der Waals surface area contributed by atoms with Gasteiger partial charge in [-0.3, -0.25) is 4.79 Å². The Hall–Kier alpha value is -1.09. The molecule has 1 aromatic rings. The number of methoxy groups -OCH3 is 1. The number of esters is 1. The molecule has 1 aliphatic rings. The molecule has 134 valence electrons. The van der Waals surface area contributed by atoms with E-state index in [0.29, 0.717) is 11.8 Å². The van der Waals surface area contributed by atoms with E-state index in [-0.39, 0.29) is 5.97 Å². The summed E-state index contributed by atoms with van der Waals surface area (Å²) in [5.41, 5.74) is 0.707. The molecule has 0 aromatic heterocycles. The molecule has 0 saturated heterocycles. The molecule has 1 unspecified atom stereocenters. The van der Waals surface area contributed by atoms with Gasteiger partial charge in [-0.05, 0) is 30.2 Å². The van der Waals surface area contributed by atoms with Crippen molar-refractivity contribution >= 4 is 14.0 Å². The summed E-state index contributed by atoms with van der Waals surface area (Å²) in [7, 11) is 0.351. The van der Waals surface area contributed by atoms with Crippen LogP contribution < -0.4 is 0 Å². The van der Waals surface area contributed by atoms with Gasteiger partial charge in [-0.1, -0.05) is 82.2 Å². The van der Waals surface area contributed by atoms with Crippen LogP contribution in [0.2, 0.25) is 24.2 Å². The Morgan fingerprint density at radius 1 is 1.12 bits per heavy atom. The molecular formula is C21H34O2Si. The average molecular weight is 347 g/mol. The molecule has 0 bridgehead atoms. The van der Waals surface area contributed by atoms with Crippen LogP contribution in [0.1, 0.15) is 46.1 Å². The van der Waals surface area contributed by atoms with Crippen LogP contribution in [0.3, 0.4) is 0 Å². The maximum atomic E-state index is 12.8. The molecule has 0 amide bonds. The zero-order valence-electron chi connectivity index (χ0n) is 16.1. The lowest BCUT2D eigenvalue weighted by atomic mass is 9.78. The lowest BCUT2D eigenvalue weighted by molar-refractivity contribution is -0.147. The number of carbonyl (C=O) groups excluding carboxylic acids is 1. The molecule has 24 heavy (non-hydrogen) atoms. The molecule has 0 N–H and O–H groups in total. The first-order chi connectivity index (χ1) is 11.5. The highest BCUT2D eigenvalue weighted by Crippen LogP contribution is 2.51. The minimum Gasteiger partial charge on any atom is -0.468 e. The predicted octanol–water partition coefficient (Wildman–Crippen LogP) is 5.65. The van der Waals surface area contributed by atoms with E-state index in [0.717, 1.165) is 18.4 Å². The summed E-state index contributed by atoms with van der Waals surface area (Å²) in [5.74, 6) is 1.19. The van der Waals surface area contributed by atoms with Gasteiger partial charge in [-0.15, -0.1) is 0 Å². The van der Waals surface area contributed by atoms with Crippen molar-refractivity contribution in [1.29, 1.82) is 0 Å². The molecule has 1 saturated carbocycles. The molecule has 0 heterocycles. The van der Waals surface area contributed by atoms with Crippen LogP contribution in [-0.2, 0) is 14.9 Å². The number of ether oxygens (including phenoxy) is 1. The van der Waals surface area contributed by atoms with Crippen molar-refractivity contribution < 1.29 is 9.53 Å². The second-order valence-electron chi connectivity index (χ2n) is 7.85. The van der Waals surface area contributed by atoms with Gasteiger partial charge in [0.15, 0.2) is 0 Å². The quantitative estimate of drug-likeness (QED) is 0.471. The molecule has 2 rings (SSSR count). The summed E-state index contributed by atoms with van der Waals surface area (Å²) in [4.78, 5) is 12.8. The molecule has 1 aliphatic carbocycles. The smallest absolute Gasteiger partial charge is 0.316 e. The molecule has 2 nitrogen and oxygen atoms in total. The zero-order chi connectivity index (χ0) is 17.8. The van der Waals surface area contributed by atoms with Crippen LogP contribution in [-0.4, -0.2) is 21.2 Å².